The minimum absolute atomic E-state index is 0.0179. The molecule has 0 rings (SSSR count). The van der Waals surface area contributed by atoms with Gasteiger partial charge in [-0.15, -0.1) is 0 Å². The molecular weight excluding hydrogens is 264 g/mol. The molecule has 0 aliphatic carbocycles. The van der Waals surface area contributed by atoms with Gasteiger partial charge in [-0.1, -0.05) is 0 Å². The van der Waals surface area contributed by atoms with Crippen LogP contribution in [-0.4, -0.2) is 44.0 Å². The number of ether oxygens (including phenoxy) is 3. The van der Waals surface area contributed by atoms with Crippen LogP contribution in [0.2, 0.25) is 0 Å². The highest BCUT2D eigenvalue weighted by molar-refractivity contribution is 5.74. The number of methoxy groups -OCH3 is 1. The second-order valence-corrected chi connectivity index (χ2v) is 4.54. The van der Waals surface area contributed by atoms with Gasteiger partial charge >= 0.3 is 11.9 Å². The van der Waals surface area contributed by atoms with E-state index in [0.29, 0.717) is 0 Å². The number of carbonyl (C=O) groups excluding carboxylic acids is 2. The van der Waals surface area contributed by atoms with Gasteiger partial charge in [0.15, 0.2) is 5.72 Å². The number of carbonyl (C=O) groups is 2. The number of hydrogen-bond donors (Lipinski definition) is 0. The molecule has 0 aromatic carbocycles. The fourth-order valence-corrected chi connectivity index (χ4v) is 1.24. The van der Waals surface area contributed by atoms with Crippen molar-refractivity contribution in [1.29, 1.82) is 0 Å². The van der Waals surface area contributed by atoms with Crippen LogP contribution in [0.3, 0.4) is 0 Å². The Morgan fingerprint density at radius 1 is 1.05 bits per heavy atom. The first-order chi connectivity index (χ1) is 9.34. The van der Waals surface area contributed by atoms with Gasteiger partial charge in [-0.05, 0) is 27.7 Å². The summed E-state index contributed by atoms with van der Waals surface area (Å²) in [7, 11) is 1.50. The summed E-state index contributed by atoms with van der Waals surface area (Å²) in [5.41, 5.74) is -0.804. The number of hydrogen-bond acceptors (Lipinski definition) is 7. The molecule has 0 atom stereocenters. The van der Waals surface area contributed by atoms with Crippen LogP contribution in [-0.2, 0) is 23.8 Å². The van der Waals surface area contributed by atoms with Crippen LogP contribution in [0, 0.1) is 0 Å². The Morgan fingerprint density at radius 3 is 1.85 bits per heavy atom. The lowest BCUT2D eigenvalue weighted by Crippen LogP contribution is -2.22. The predicted octanol–water partition coefficient (Wildman–Crippen LogP) is 2.10. The molecule has 20 heavy (non-hydrogen) atoms. The first-order valence-electron chi connectivity index (χ1n) is 6.63. The maximum atomic E-state index is 11.5. The SMILES string of the molecule is CCOC(=O)CC(CC(=O)OCC)/N=N/C(C)(C)OC. The fraction of sp³-hybridized carbons (Fsp3) is 0.846. The second-order valence-electron chi connectivity index (χ2n) is 4.54. The Kier molecular flexibility index (Phi) is 8.71. The first-order valence-corrected chi connectivity index (χ1v) is 6.63. The lowest BCUT2D eigenvalue weighted by atomic mass is 10.1. The molecule has 0 unspecified atom stereocenters. The molecule has 0 radical (unpaired) electrons. The molecule has 7 heteroatoms. The molecule has 0 aromatic rings. The van der Waals surface area contributed by atoms with Crippen molar-refractivity contribution < 1.29 is 23.8 Å². The van der Waals surface area contributed by atoms with Crippen molar-refractivity contribution >= 4 is 11.9 Å². The number of nitrogens with zero attached hydrogens (tertiary/aromatic N) is 2. The Morgan fingerprint density at radius 2 is 1.50 bits per heavy atom. The van der Waals surface area contributed by atoms with Gasteiger partial charge in [-0.25, -0.2) is 0 Å². The second kappa shape index (κ2) is 9.41. The van der Waals surface area contributed by atoms with E-state index < -0.39 is 23.7 Å². The quantitative estimate of drug-likeness (QED) is 0.479. The Labute approximate surface area is 119 Å². The Hall–Kier alpha value is -1.50. The number of rotatable bonds is 9. The van der Waals surface area contributed by atoms with Crippen LogP contribution in [0.4, 0.5) is 0 Å². The van der Waals surface area contributed by atoms with E-state index in [4.69, 9.17) is 14.2 Å². The zero-order valence-corrected chi connectivity index (χ0v) is 12.8. The molecular formula is C13H24N2O5. The van der Waals surface area contributed by atoms with Crippen molar-refractivity contribution in [3.05, 3.63) is 0 Å². The van der Waals surface area contributed by atoms with E-state index in [-0.39, 0.29) is 26.1 Å². The van der Waals surface area contributed by atoms with E-state index >= 15 is 0 Å². The van der Waals surface area contributed by atoms with Crippen LogP contribution >= 0.6 is 0 Å². The van der Waals surface area contributed by atoms with E-state index in [0.717, 1.165) is 0 Å². The van der Waals surface area contributed by atoms with Crippen molar-refractivity contribution in [3.63, 3.8) is 0 Å². The standard InChI is InChI=1S/C13H24N2O5/c1-6-19-11(16)8-10(9-12(17)20-7-2)14-15-13(3,4)18-5/h10H,6-9H2,1-5H3/b15-14+. The van der Waals surface area contributed by atoms with Gasteiger partial charge in [-0.2, -0.15) is 10.2 Å². The lowest BCUT2D eigenvalue weighted by Gasteiger charge is -2.17. The zero-order chi connectivity index (χ0) is 15.6. The molecule has 0 spiro atoms. The van der Waals surface area contributed by atoms with Gasteiger partial charge in [0.1, 0.15) is 0 Å². The molecule has 0 aromatic heterocycles. The highest BCUT2D eigenvalue weighted by Gasteiger charge is 2.21. The third-order valence-corrected chi connectivity index (χ3v) is 2.38. The molecule has 0 saturated heterocycles. The maximum Gasteiger partial charge on any atom is 0.308 e. The summed E-state index contributed by atoms with van der Waals surface area (Å²) in [4.78, 5) is 23.0. The molecule has 0 aliphatic rings. The minimum atomic E-state index is -0.804. The van der Waals surface area contributed by atoms with E-state index in [1.54, 1.807) is 27.7 Å². The predicted molar refractivity (Wildman–Crippen MR) is 72.2 cm³/mol. The van der Waals surface area contributed by atoms with E-state index in [1.807, 2.05) is 0 Å². The molecule has 0 aliphatic heterocycles. The van der Waals surface area contributed by atoms with E-state index in [2.05, 4.69) is 10.2 Å². The fourth-order valence-electron chi connectivity index (χ4n) is 1.24. The van der Waals surface area contributed by atoms with Gasteiger partial charge in [-0.3, -0.25) is 9.59 Å². The lowest BCUT2D eigenvalue weighted by molar-refractivity contribution is -0.145. The van der Waals surface area contributed by atoms with Crippen molar-refractivity contribution in [3.8, 4) is 0 Å². The molecule has 0 bridgehead atoms. The minimum Gasteiger partial charge on any atom is -0.466 e. The third-order valence-electron chi connectivity index (χ3n) is 2.38. The van der Waals surface area contributed by atoms with E-state index in [9.17, 15) is 9.59 Å². The normalized spacial score (nSPS) is 11.9. The third kappa shape index (κ3) is 8.58. The molecule has 0 N–H and O–H groups in total. The summed E-state index contributed by atoms with van der Waals surface area (Å²) in [6.45, 7) is 7.45. The smallest absolute Gasteiger partial charge is 0.308 e. The van der Waals surface area contributed by atoms with Gasteiger partial charge in [0.05, 0.1) is 32.1 Å². The number of esters is 2. The molecule has 116 valence electrons. The summed E-state index contributed by atoms with van der Waals surface area (Å²) < 4.78 is 14.8. The van der Waals surface area contributed by atoms with Crippen LogP contribution in [0.1, 0.15) is 40.5 Å². The van der Waals surface area contributed by atoms with Gasteiger partial charge in [0.2, 0.25) is 0 Å². The monoisotopic (exact) mass is 288 g/mol. The molecule has 0 saturated carbocycles. The topological polar surface area (TPSA) is 86.6 Å². The van der Waals surface area contributed by atoms with Crippen LogP contribution in [0.25, 0.3) is 0 Å². The van der Waals surface area contributed by atoms with Crippen LogP contribution in [0.5, 0.6) is 0 Å². The van der Waals surface area contributed by atoms with Crippen molar-refractivity contribution in [2.75, 3.05) is 20.3 Å². The summed E-state index contributed by atoms with van der Waals surface area (Å²) in [5, 5.41) is 8.00. The van der Waals surface area contributed by atoms with E-state index in [1.165, 1.54) is 7.11 Å². The largest absolute Gasteiger partial charge is 0.466 e. The van der Waals surface area contributed by atoms with Crippen molar-refractivity contribution in [2.24, 2.45) is 10.2 Å². The van der Waals surface area contributed by atoms with Gasteiger partial charge in [0.25, 0.3) is 0 Å². The number of azo groups is 1. The summed E-state index contributed by atoms with van der Waals surface area (Å²) in [6, 6.07) is -0.609. The zero-order valence-electron chi connectivity index (χ0n) is 12.8. The molecule has 0 amide bonds. The summed E-state index contributed by atoms with van der Waals surface area (Å²) >= 11 is 0. The molecule has 0 fully saturated rings. The summed E-state index contributed by atoms with van der Waals surface area (Å²) in [5.74, 6) is -0.841. The Bertz CT molecular complexity index is 322. The first kappa shape index (κ1) is 18.5. The van der Waals surface area contributed by atoms with Gasteiger partial charge in [0, 0.05) is 7.11 Å². The molecule has 7 nitrogen and oxygen atoms in total. The van der Waals surface area contributed by atoms with Crippen LogP contribution in [0.15, 0.2) is 10.2 Å². The van der Waals surface area contributed by atoms with Crippen molar-refractivity contribution in [1.82, 2.24) is 0 Å². The van der Waals surface area contributed by atoms with Gasteiger partial charge < -0.3 is 14.2 Å². The average molecular weight is 288 g/mol. The highest BCUT2D eigenvalue weighted by Crippen LogP contribution is 2.14. The molecule has 0 heterocycles. The maximum absolute atomic E-state index is 11.5. The summed E-state index contributed by atoms with van der Waals surface area (Å²) in [6.07, 6.45) is -0.0358. The average Bonchev–Trinajstić information content (AvgIpc) is 2.36. The highest BCUT2D eigenvalue weighted by atomic mass is 16.5. The van der Waals surface area contributed by atoms with Crippen LogP contribution < -0.4 is 0 Å². The Balaban J connectivity index is 4.69. The van der Waals surface area contributed by atoms with Crippen molar-refractivity contribution in [2.45, 2.75) is 52.3 Å².